The van der Waals surface area contributed by atoms with Gasteiger partial charge in [0.1, 0.15) is 11.3 Å². The summed E-state index contributed by atoms with van der Waals surface area (Å²) in [6.45, 7) is 0.358. The summed E-state index contributed by atoms with van der Waals surface area (Å²) in [6, 6.07) is 4.94. The van der Waals surface area contributed by atoms with Gasteiger partial charge in [-0.05, 0) is 48.8 Å². The van der Waals surface area contributed by atoms with Crippen LogP contribution in [0.2, 0.25) is 0 Å². The van der Waals surface area contributed by atoms with E-state index in [1.54, 1.807) is 18.2 Å². The van der Waals surface area contributed by atoms with E-state index in [1.807, 2.05) is 0 Å². The maximum absolute atomic E-state index is 12.0. The van der Waals surface area contributed by atoms with Gasteiger partial charge in [0.05, 0.1) is 7.11 Å². The average Bonchev–Trinajstić information content (AvgIpc) is 3.35. The number of carbonyl (C=O) groups excluding carboxylic acids is 1. The fraction of sp³-hybridized carbons (Fsp3) is 0.500. The Morgan fingerprint density at radius 1 is 1.38 bits per heavy atom. The van der Waals surface area contributed by atoms with Gasteiger partial charge in [-0.1, -0.05) is 6.07 Å². The lowest BCUT2D eigenvalue weighted by Gasteiger charge is -2.09. The van der Waals surface area contributed by atoms with Gasteiger partial charge >= 0.3 is 5.97 Å². The largest absolute Gasteiger partial charge is 0.496 e. The van der Waals surface area contributed by atoms with Crippen LogP contribution in [-0.2, 0) is 11.3 Å². The highest BCUT2D eigenvalue weighted by Gasteiger charge is 2.50. The molecule has 21 heavy (non-hydrogen) atoms. The molecule has 3 rings (SSSR count). The first-order valence-electron chi connectivity index (χ1n) is 7.28. The van der Waals surface area contributed by atoms with Crippen LogP contribution in [0.4, 0.5) is 0 Å². The number of amides is 1. The average molecular weight is 289 g/mol. The van der Waals surface area contributed by atoms with Crippen LogP contribution >= 0.6 is 0 Å². The molecule has 1 aromatic carbocycles. The van der Waals surface area contributed by atoms with E-state index >= 15 is 0 Å². The van der Waals surface area contributed by atoms with Crippen molar-refractivity contribution in [2.75, 3.05) is 7.11 Å². The van der Waals surface area contributed by atoms with Crippen LogP contribution in [-0.4, -0.2) is 24.1 Å². The summed E-state index contributed by atoms with van der Waals surface area (Å²) in [6.07, 6.45) is 3.56. The third kappa shape index (κ3) is 3.01. The Kier molecular flexibility index (Phi) is 3.57. The minimum absolute atomic E-state index is 0.0968. The molecule has 2 aliphatic carbocycles. The first-order chi connectivity index (χ1) is 10.1. The highest BCUT2D eigenvalue weighted by molar-refractivity contribution is 5.91. The number of benzene rings is 1. The number of carboxylic acid groups (broad SMARTS) is 1. The van der Waals surface area contributed by atoms with Crippen molar-refractivity contribution in [1.29, 1.82) is 0 Å². The van der Waals surface area contributed by atoms with Crippen LogP contribution in [0.1, 0.15) is 35.2 Å². The van der Waals surface area contributed by atoms with Crippen molar-refractivity contribution in [3.05, 3.63) is 29.3 Å². The predicted octanol–water partition coefficient (Wildman–Crippen LogP) is 2.06. The van der Waals surface area contributed by atoms with E-state index < -0.39 is 5.97 Å². The summed E-state index contributed by atoms with van der Waals surface area (Å²) in [7, 11) is 1.44. The number of methoxy groups -OCH3 is 1. The van der Waals surface area contributed by atoms with E-state index in [0.717, 1.165) is 17.9 Å². The number of carboxylic acids is 1. The number of carbonyl (C=O) groups is 2. The number of hydrogen-bond donors (Lipinski definition) is 2. The third-order valence-electron chi connectivity index (χ3n) is 4.37. The molecule has 2 saturated carbocycles. The molecular weight excluding hydrogens is 270 g/mol. The van der Waals surface area contributed by atoms with E-state index in [0.29, 0.717) is 18.2 Å². The maximum Gasteiger partial charge on any atom is 0.339 e. The number of aromatic carboxylic acids is 1. The van der Waals surface area contributed by atoms with Gasteiger partial charge in [-0.25, -0.2) is 4.79 Å². The van der Waals surface area contributed by atoms with Crippen LogP contribution in [0.25, 0.3) is 0 Å². The van der Waals surface area contributed by atoms with E-state index in [1.165, 1.54) is 20.0 Å². The minimum atomic E-state index is -1.03. The van der Waals surface area contributed by atoms with Gasteiger partial charge in [-0.15, -0.1) is 0 Å². The third-order valence-corrected chi connectivity index (χ3v) is 4.37. The van der Waals surface area contributed by atoms with E-state index in [4.69, 9.17) is 9.84 Å². The van der Waals surface area contributed by atoms with Crippen LogP contribution in [0.15, 0.2) is 18.2 Å². The summed E-state index contributed by atoms with van der Waals surface area (Å²) in [5, 5.41) is 12.0. The zero-order valence-corrected chi connectivity index (χ0v) is 12.0. The van der Waals surface area contributed by atoms with Crippen molar-refractivity contribution in [3.63, 3.8) is 0 Å². The van der Waals surface area contributed by atoms with Gasteiger partial charge in [-0.3, -0.25) is 4.79 Å². The molecule has 2 fully saturated rings. The molecule has 0 unspecified atom stereocenters. The van der Waals surface area contributed by atoms with Crippen LogP contribution < -0.4 is 10.1 Å². The van der Waals surface area contributed by atoms with Crippen molar-refractivity contribution in [1.82, 2.24) is 5.32 Å². The number of rotatable bonds is 6. The van der Waals surface area contributed by atoms with Gasteiger partial charge in [0.15, 0.2) is 0 Å². The van der Waals surface area contributed by atoms with Gasteiger partial charge in [-0.2, -0.15) is 0 Å². The molecule has 2 atom stereocenters. The maximum atomic E-state index is 12.0. The molecule has 0 saturated heterocycles. The Morgan fingerprint density at radius 3 is 2.76 bits per heavy atom. The Morgan fingerprint density at radius 2 is 2.14 bits per heavy atom. The highest BCUT2D eigenvalue weighted by Crippen LogP contribution is 2.54. The molecule has 1 aromatic rings. The van der Waals surface area contributed by atoms with E-state index in [-0.39, 0.29) is 17.4 Å². The summed E-state index contributed by atoms with van der Waals surface area (Å²) in [5.41, 5.74) is 0.886. The Labute approximate surface area is 123 Å². The highest BCUT2D eigenvalue weighted by atomic mass is 16.5. The molecule has 5 nitrogen and oxygen atoms in total. The van der Waals surface area contributed by atoms with Crippen molar-refractivity contribution in [2.24, 2.45) is 17.8 Å². The molecule has 112 valence electrons. The zero-order valence-electron chi connectivity index (χ0n) is 12.0. The second-order valence-electron chi connectivity index (χ2n) is 5.90. The second kappa shape index (κ2) is 5.39. The lowest BCUT2D eigenvalue weighted by Crippen LogP contribution is -2.25. The fourth-order valence-corrected chi connectivity index (χ4v) is 2.91. The molecule has 2 N–H and O–H groups in total. The first kappa shape index (κ1) is 13.9. The number of nitrogens with one attached hydrogen (secondary N) is 1. The molecule has 0 aliphatic heterocycles. The first-order valence-corrected chi connectivity index (χ1v) is 7.28. The SMILES string of the molecule is COc1ccc(CNC(=O)[C@H]2C[C@H]2C2CC2)cc1C(=O)O. The molecule has 2 aliphatic rings. The van der Waals surface area contributed by atoms with Crippen LogP contribution in [0, 0.1) is 17.8 Å². The zero-order chi connectivity index (χ0) is 15.0. The van der Waals surface area contributed by atoms with Crippen molar-refractivity contribution in [2.45, 2.75) is 25.8 Å². The number of hydrogen-bond acceptors (Lipinski definition) is 3. The van der Waals surface area contributed by atoms with Crippen molar-refractivity contribution >= 4 is 11.9 Å². The topological polar surface area (TPSA) is 75.6 Å². The molecule has 0 aromatic heterocycles. The van der Waals surface area contributed by atoms with Gasteiger partial charge < -0.3 is 15.2 Å². The monoisotopic (exact) mass is 289 g/mol. The Bertz CT molecular complexity index is 580. The van der Waals surface area contributed by atoms with Gasteiger partial charge in [0, 0.05) is 12.5 Å². The minimum Gasteiger partial charge on any atom is -0.496 e. The second-order valence-corrected chi connectivity index (χ2v) is 5.90. The summed E-state index contributed by atoms with van der Waals surface area (Å²) < 4.78 is 5.01. The predicted molar refractivity (Wildman–Crippen MR) is 76.1 cm³/mol. The molecule has 5 heteroatoms. The van der Waals surface area contributed by atoms with Crippen molar-refractivity contribution < 1.29 is 19.4 Å². The fourth-order valence-electron chi connectivity index (χ4n) is 2.91. The quantitative estimate of drug-likeness (QED) is 0.840. The smallest absolute Gasteiger partial charge is 0.339 e. The molecule has 0 bridgehead atoms. The molecule has 0 spiro atoms. The van der Waals surface area contributed by atoms with Gasteiger partial charge in [0.2, 0.25) is 5.91 Å². The summed E-state index contributed by atoms with van der Waals surface area (Å²) in [4.78, 5) is 23.2. The van der Waals surface area contributed by atoms with Gasteiger partial charge in [0.25, 0.3) is 0 Å². The lowest BCUT2D eigenvalue weighted by atomic mass is 10.1. The van der Waals surface area contributed by atoms with Crippen LogP contribution in [0.5, 0.6) is 5.75 Å². The molecule has 0 radical (unpaired) electrons. The molecule has 1 amide bonds. The normalized spacial score (nSPS) is 23.5. The Hall–Kier alpha value is -2.04. The molecule has 0 heterocycles. The molecular formula is C16H19NO4. The van der Waals surface area contributed by atoms with Crippen molar-refractivity contribution in [3.8, 4) is 5.75 Å². The number of ether oxygens (including phenoxy) is 1. The summed E-state index contributed by atoms with van der Waals surface area (Å²) in [5.74, 6) is 0.940. The Balaban J connectivity index is 1.58. The standard InChI is InChI=1S/C16H19NO4/c1-21-14-5-2-9(6-13(14)16(19)20)8-17-15(18)12-7-11(12)10-3-4-10/h2,5-6,10-12H,3-4,7-8H2,1H3,(H,17,18)(H,19,20)/t11-,12-/m0/s1. The van der Waals surface area contributed by atoms with E-state index in [2.05, 4.69) is 5.32 Å². The van der Waals surface area contributed by atoms with E-state index in [9.17, 15) is 9.59 Å². The van der Waals surface area contributed by atoms with Crippen LogP contribution in [0.3, 0.4) is 0 Å². The lowest BCUT2D eigenvalue weighted by molar-refractivity contribution is -0.122. The summed E-state index contributed by atoms with van der Waals surface area (Å²) >= 11 is 0.